The average molecular weight is 337 g/mol. The maximum atomic E-state index is 11.9. The van der Waals surface area contributed by atoms with Crippen molar-refractivity contribution >= 4 is 11.9 Å². The minimum atomic E-state index is -0.188. The second kappa shape index (κ2) is 8.33. The van der Waals surface area contributed by atoms with Crippen LogP contribution >= 0.6 is 0 Å². The number of urea groups is 1. The Balaban J connectivity index is 1.37. The fourth-order valence-corrected chi connectivity index (χ4v) is 2.48. The summed E-state index contributed by atoms with van der Waals surface area (Å²) in [5, 5.41) is 8.63. The van der Waals surface area contributed by atoms with Crippen molar-refractivity contribution in [2.24, 2.45) is 0 Å². The Labute approximate surface area is 147 Å². The smallest absolute Gasteiger partial charge is 0.315 e. The molecule has 1 aliphatic carbocycles. The predicted molar refractivity (Wildman–Crippen MR) is 97.3 cm³/mol. The molecule has 0 aromatic heterocycles. The Kier molecular flexibility index (Phi) is 5.67. The van der Waals surface area contributed by atoms with Gasteiger partial charge in [-0.3, -0.25) is 4.79 Å². The standard InChI is InChI=1S/C20H23N3O2/c24-19(23-18-10-11-18)17-8-6-16(7-9-17)14-22-20(25)21-13-12-15-4-2-1-3-5-15/h1-9,18H,10-14H2,(H,23,24)(H2,21,22,25). The molecule has 0 aliphatic heterocycles. The summed E-state index contributed by atoms with van der Waals surface area (Å²) in [4.78, 5) is 23.7. The normalized spacial score (nSPS) is 13.1. The highest BCUT2D eigenvalue weighted by Crippen LogP contribution is 2.19. The van der Waals surface area contributed by atoms with Crippen LogP contribution in [0.5, 0.6) is 0 Å². The fourth-order valence-electron chi connectivity index (χ4n) is 2.48. The number of rotatable bonds is 7. The molecule has 1 fully saturated rings. The van der Waals surface area contributed by atoms with Gasteiger partial charge in [-0.15, -0.1) is 0 Å². The molecule has 0 heterocycles. The zero-order valence-corrected chi connectivity index (χ0v) is 14.1. The van der Waals surface area contributed by atoms with Gasteiger partial charge in [0.15, 0.2) is 0 Å². The monoisotopic (exact) mass is 337 g/mol. The summed E-state index contributed by atoms with van der Waals surface area (Å²) < 4.78 is 0. The summed E-state index contributed by atoms with van der Waals surface area (Å²) >= 11 is 0. The highest BCUT2D eigenvalue weighted by atomic mass is 16.2. The van der Waals surface area contributed by atoms with Gasteiger partial charge >= 0.3 is 6.03 Å². The molecule has 5 nitrogen and oxygen atoms in total. The van der Waals surface area contributed by atoms with Crippen LogP contribution in [0.15, 0.2) is 54.6 Å². The van der Waals surface area contributed by atoms with Crippen molar-refractivity contribution in [2.45, 2.75) is 31.8 Å². The molecule has 130 valence electrons. The largest absolute Gasteiger partial charge is 0.349 e. The van der Waals surface area contributed by atoms with E-state index in [1.807, 2.05) is 42.5 Å². The van der Waals surface area contributed by atoms with E-state index in [9.17, 15) is 9.59 Å². The van der Waals surface area contributed by atoms with Gasteiger partial charge in [-0.2, -0.15) is 0 Å². The van der Waals surface area contributed by atoms with Crippen LogP contribution in [0.25, 0.3) is 0 Å². The number of benzene rings is 2. The number of carbonyl (C=O) groups is 2. The van der Waals surface area contributed by atoms with Crippen molar-refractivity contribution < 1.29 is 9.59 Å². The van der Waals surface area contributed by atoms with Crippen molar-refractivity contribution in [2.75, 3.05) is 6.54 Å². The zero-order chi connectivity index (χ0) is 17.5. The molecule has 3 amide bonds. The molecule has 3 N–H and O–H groups in total. The minimum absolute atomic E-state index is 0.0272. The lowest BCUT2D eigenvalue weighted by Gasteiger charge is -2.09. The van der Waals surface area contributed by atoms with Gasteiger partial charge in [0.2, 0.25) is 0 Å². The topological polar surface area (TPSA) is 70.2 Å². The summed E-state index contributed by atoms with van der Waals surface area (Å²) in [5.74, 6) is -0.0272. The van der Waals surface area contributed by atoms with Crippen molar-refractivity contribution in [3.05, 3.63) is 71.3 Å². The maximum absolute atomic E-state index is 11.9. The Hall–Kier alpha value is -2.82. The first-order valence-corrected chi connectivity index (χ1v) is 8.66. The molecular formula is C20H23N3O2. The molecule has 0 spiro atoms. The minimum Gasteiger partial charge on any atom is -0.349 e. The van der Waals surface area contributed by atoms with Crippen LogP contribution in [0.4, 0.5) is 4.79 Å². The second-order valence-corrected chi connectivity index (χ2v) is 6.29. The van der Waals surface area contributed by atoms with Crippen molar-refractivity contribution in [1.82, 2.24) is 16.0 Å². The van der Waals surface area contributed by atoms with Crippen LogP contribution in [0, 0.1) is 0 Å². The van der Waals surface area contributed by atoms with E-state index >= 15 is 0 Å². The highest BCUT2D eigenvalue weighted by molar-refractivity contribution is 5.94. The van der Waals surface area contributed by atoms with Gasteiger partial charge in [0.25, 0.3) is 5.91 Å². The zero-order valence-electron chi connectivity index (χ0n) is 14.1. The number of hydrogen-bond donors (Lipinski definition) is 3. The summed E-state index contributed by atoms with van der Waals surface area (Å²) in [6, 6.07) is 17.5. The number of hydrogen-bond acceptors (Lipinski definition) is 2. The number of nitrogens with one attached hydrogen (secondary N) is 3. The highest BCUT2D eigenvalue weighted by Gasteiger charge is 2.23. The van der Waals surface area contributed by atoms with Crippen LogP contribution in [-0.2, 0) is 13.0 Å². The summed E-state index contributed by atoms with van der Waals surface area (Å²) in [6.45, 7) is 1.03. The molecule has 0 unspecified atom stereocenters. The first kappa shape index (κ1) is 17.0. The summed E-state index contributed by atoms with van der Waals surface area (Å²) in [7, 11) is 0. The van der Waals surface area contributed by atoms with Crippen LogP contribution in [-0.4, -0.2) is 24.5 Å². The Morgan fingerprint density at radius 2 is 1.60 bits per heavy atom. The van der Waals surface area contributed by atoms with E-state index in [1.54, 1.807) is 12.1 Å². The van der Waals surface area contributed by atoms with E-state index in [0.717, 1.165) is 24.8 Å². The third kappa shape index (κ3) is 5.64. The Morgan fingerprint density at radius 3 is 2.28 bits per heavy atom. The Bertz CT molecular complexity index is 709. The third-order valence-electron chi connectivity index (χ3n) is 4.12. The van der Waals surface area contributed by atoms with E-state index in [4.69, 9.17) is 0 Å². The molecule has 5 heteroatoms. The molecule has 25 heavy (non-hydrogen) atoms. The molecule has 0 radical (unpaired) electrons. The summed E-state index contributed by atoms with van der Waals surface area (Å²) in [6.07, 6.45) is 2.96. The van der Waals surface area contributed by atoms with Gasteiger partial charge in [0.05, 0.1) is 0 Å². The fraction of sp³-hybridized carbons (Fsp3) is 0.300. The first-order valence-electron chi connectivity index (χ1n) is 8.66. The van der Waals surface area contributed by atoms with Gasteiger partial charge in [-0.05, 0) is 42.5 Å². The molecule has 2 aromatic carbocycles. The van der Waals surface area contributed by atoms with Crippen molar-refractivity contribution in [3.63, 3.8) is 0 Å². The molecule has 2 aromatic rings. The van der Waals surface area contributed by atoms with Crippen LogP contribution < -0.4 is 16.0 Å². The molecular weight excluding hydrogens is 314 g/mol. The Morgan fingerprint density at radius 1 is 0.880 bits per heavy atom. The molecule has 3 rings (SSSR count). The lowest BCUT2D eigenvalue weighted by Crippen LogP contribution is -2.36. The van der Waals surface area contributed by atoms with Gasteiger partial charge in [0.1, 0.15) is 0 Å². The molecule has 0 bridgehead atoms. The van der Waals surface area contributed by atoms with E-state index < -0.39 is 0 Å². The van der Waals surface area contributed by atoms with Crippen molar-refractivity contribution in [3.8, 4) is 0 Å². The number of carbonyl (C=O) groups excluding carboxylic acids is 2. The van der Waals surface area contributed by atoms with Crippen molar-refractivity contribution in [1.29, 1.82) is 0 Å². The van der Waals surface area contributed by atoms with Crippen LogP contribution in [0.2, 0.25) is 0 Å². The first-order chi connectivity index (χ1) is 12.2. The maximum Gasteiger partial charge on any atom is 0.315 e. The lowest BCUT2D eigenvalue weighted by molar-refractivity contribution is 0.0951. The quantitative estimate of drug-likeness (QED) is 0.727. The van der Waals surface area contributed by atoms with E-state index in [2.05, 4.69) is 16.0 Å². The van der Waals surface area contributed by atoms with E-state index in [0.29, 0.717) is 24.7 Å². The third-order valence-corrected chi connectivity index (χ3v) is 4.12. The lowest BCUT2D eigenvalue weighted by atomic mass is 10.1. The van der Waals surface area contributed by atoms with Gasteiger partial charge in [-0.1, -0.05) is 42.5 Å². The van der Waals surface area contributed by atoms with Gasteiger partial charge in [0, 0.05) is 24.7 Å². The average Bonchev–Trinajstić information content (AvgIpc) is 3.45. The van der Waals surface area contributed by atoms with E-state index in [-0.39, 0.29) is 11.9 Å². The molecule has 1 aliphatic rings. The van der Waals surface area contributed by atoms with Crippen LogP contribution in [0.3, 0.4) is 0 Å². The predicted octanol–water partition coefficient (Wildman–Crippen LogP) is 2.62. The SMILES string of the molecule is O=C(NCCc1ccccc1)NCc1ccc(C(=O)NC2CC2)cc1. The molecule has 0 atom stereocenters. The molecule has 0 saturated heterocycles. The number of amides is 3. The molecule has 1 saturated carbocycles. The summed E-state index contributed by atoms with van der Waals surface area (Å²) in [5.41, 5.74) is 2.81. The van der Waals surface area contributed by atoms with Crippen LogP contribution in [0.1, 0.15) is 34.3 Å². The second-order valence-electron chi connectivity index (χ2n) is 6.29. The van der Waals surface area contributed by atoms with Gasteiger partial charge < -0.3 is 16.0 Å². The van der Waals surface area contributed by atoms with E-state index in [1.165, 1.54) is 5.56 Å². The van der Waals surface area contributed by atoms with Gasteiger partial charge in [-0.25, -0.2) is 4.79 Å².